The molecule has 0 unspecified atom stereocenters. The van der Waals surface area contributed by atoms with Crippen molar-refractivity contribution >= 4 is 11.3 Å². The Kier molecular flexibility index (Phi) is 1.47. The lowest BCUT2D eigenvalue weighted by molar-refractivity contribution is 0.534. The van der Waals surface area contributed by atoms with Crippen LogP contribution in [0.5, 0.6) is 0 Å². The Hall–Kier alpha value is -1.16. The third kappa shape index (κ3) is 1.17. The molecule has 0 fully saturated rings. The molecule has 0 spiro atoms. The highest BCUT2D eigenvalue weighted by molar-refractivity contribution is 7.13. The second-order valence-corrected chi connectivity index (χ2v) is 2.98. The van der Waals surface area contributed by atoms with Crippen LogP contribution in [0.4, 0.5) is 0 Å². The molecular weight excluding hydrogens is 160 g/mol. The molecule has 0 atom stereocenters. The van der Waals surface area contributed by atoms with Gasteiger partial charge < -0.3 is 4.42 Å². The Morgan fingerprint density at radius 1 is 1.45 bits per heavy atom. The molecule has 3 nitrogen and oxygen atoms in total. The minimum absolute atomic E-state index is 0.676. The van der Waals surface area contributed by atoms with E-state index in [1.54, 1.807) is 23.7 Å². The second-order valence-electron chi connectivity index (χ2n) is 2.08. The Morgan fingerprint density at radius 2 is 2.36 bits per heavy atom. The van der Waals surface area contributed by atoms with Crippen LogP contribution in [0.1, 0.15) is 5.89 Å². The molecule has 0 aliphatic rings. The number of nitrogens with zero attached hydrogens (tertiary/aromatic N) is 2. The van der Waals surface area contributed by atoms with Gasteiger partial charge in [-0.15, -0.1) is 11.3 Å². The molecule has 0 saturated heterocycles. The van der Waals surface area contributed by atoms with Gasteiger partial charge in [0.1, 0.15) is 0 Å². The molecule has 0 bridgehead atoms. The van der Waals surface area contributed by atoms with Gasteiger partial charge in [0.2, 0.25) is 0 Å². The molecule has 56 valence electrons. The van der Waals surface area contributed by atoms with E-state index in [4.69, 9.17) is 4.42 Å². The standard InChI is InChI=1S/C7H6N2OS/c1-5-9-4-6(10-5)7-8-2-3-11-7/h2-4H,1H3. The third-order valence-electron chi connectivity index (χ3n) is 1.26. The Labute approximate surface area is 67.7 Å². The fourth-order valence-electron chi connectivity index (χ4n) is 0.805. The van der Waals surface area contributed by atoms with Crippen LogP contribution in [0.3, 0.4) is 0 Å². The zero-order valence-electron chi connectivity index (χ0n) is 5.94. The third-order valence-corrected chi connectivity index (χ3v) is 2.05. The second kappa shape index (κ2) is 2.47. The van der Waals surface area contributed by atoms with E-state index in [0.717, 1.165) is 10.8 Å². The van der Waals surface area contributed by atoms with Crippen molar-refractivity contribution in [3.63, 3.8) is 0 Å². The van der Waals surface area contributed by atoms with Gasteiger partial charge in [0, 0.05) is 18.5 Å². The SMILES string of the molecule is Cc1ncc(-c2nccs2)o1. The van der Waals surface area contributed by atoms with Gasteiger partial charge in [-0.05, 0) is 0 Å². The molecule has 2 aromatic rings. The summed E-state index contributed by atoms with van der Waals surface area (Å²) in [5.74, 6) is 1.42. The van der Waals surface area contributed by atoms with Crippen LogP contribution in [0, 0.1) is 6.92 Å². The maximum absolute atomic E-state index is 5.26. The van der Waals surface area contributed by atoms with Gasteiger partial charge in [0.05, 0.1) is 6.20 Å². The summed E-state index contributed by atoms with van der Waals surface area (Å²) in [5.41, 5.74) is 0. The molecular formula is C7H6N2OS. The molecule has 2 rings (SSSR count). The molecule has 0 N–H and O–H groups in total. The van der Waals surface area contributed by atoms with Crippen LogP contribution in [0.2, 0.25) is 0 Å². The van der Waals surface area contributed by atoms with Crippen LogP contribution in [0.25, 0.3) is 10.8 Å². The Balaban J connectivity index is 2.45. The molecule has 11 heavy (non-hydrogen) atoms. The van der Waals surface area contributed by atoms with Crippen LogP contribution < -0.4 is 0 Å². The zero-order chi connectivity index (χ0) is 7.68. The van der Waals surface area contributed by atoms with E-state index in [1.165, 1.54) is 0 Å². The normalized spacial score (nSPS) is 10.3. The maximum atomic E-state index is 5.26. The summed E-state index contributed by atoms with van der Waals surface area (Å²) in [6.45, 7) is 1.82. The predicted octanol–water partition coefficient (Wildman–Crippen LogP) is 2.11. The first kappa shape index (κ1) is 6.54. The summed E-state index contributed by atoms with van der Waals surface area (Å²) in [4.78, 5) is 8.06. The van der Waals surface area contributed by atoms with E-state index in [0.29, 0.717) is 5.89 Å². The van der Waals surface area contributed by atoms with E-state index in [9.17, 15) is 0 Å². The number of aryl methyl sites for hydroxylation is 1. The largest absolute Gasteiger partial charge is 0.439 e. The minimum Gasteiger partial charge on any atom is -0.439 e. The van der Waals surface area contributed by atoms with Crippen molar-refractivity contribution in [2.75, 3.05) is 0 Å². The number of oxazole rings is 1. The van der Waals surface area contributed by atoms with Gasteiger partial charge in [-0.25, -0.2) is 9.97 Å². The summed E-state index contributed by atoms with van der Waals surface area (Å²) in [5, 5.41) is 2.79. The molecule has 2 heterocycles. The van der Waals surface area contributed by atoms with Crippen molar-refractivity contribution in [3.8, 4) is 10.8 Å². The predicted molar refractivity (Wildman–Crippen MR) is 42.3 cm³/mol. The van der Waals surface area contributed by atoms with Gasteiger partial charge in [-0.2, -0.15) is 0 Å². The molecule has 2 aromatic heterocycles. The Morgan fingerprint density at radius 3 is 2.91 bits per heavy atom. The molecule has 0 aliphatic heterocycles. The first-order chi connectivity index (χ1) is 5.36. The van der Waals surface area contributed by atoms with Gasteiger partial charge in [-0.1, -0.05) is 0 Å². The highest BCUT2D eigenvalue weighted by Gasteiger charge is 2.04. The quantitative estimate of drug-likeness (QED) is 0.651. The first-order valence-electron chi connectivity index (χ1n) is 3.18. The Bertz CT molecular complexity index is 339. The lowest BCUT2D eigenvalue weighted by atomic mass is 10.5. The number of hydrogen-bond acceptors (Lipinski definition) is 4. The smallest absolute Gasteiger partial charge is 0.191 e. The van der Waals surface area contributed by atoms with Gasteiger partial charge in [0.25, 0.3) is 0 Å². The first-order valence-corrected chi connectivity index (χ1v) is 4.06. The maximum Gasteiger partial charge on any atom is 0.191 e. The molecule has 0 aromatic carbocycles. The van der Waals surface area contributed by atoms with Gasteiger partial charge in [0.15, 0.2) is 16.7 Å². The van der Waals surface area contributed by atoms with E-state index in [-0.39, 0.29) is 0 Å². The fourth-order valence-corrected chi connectivity index (χ4v) is 1.39. The average molecular weight is 166 g/mol. The molecule has 0 saturated carbocycles. The summed E-state index contributed by atoms with van der Waals surface area (Å²) >= 11 is 1.54. The van der Waals surface area contributed by atoms with E-state index in [1.807, 2.05) is 12.3 Å². The van der Waals surface area contributed by atoms with Crippen molar-refractivity contribution in [3.05, 3.63) is 23.7 Å². The molecule has 0 radical (unpaired) electrons. The summed E-state index contributed by atoms with van der Waals surface area (Å²) in [6.07, 6.45) is 3.44. The van der Waals surface area contributed by atoms with Crippen molar-refractivity contribution in [1.82, 2.24) is 9.97 Å². The molecule has 0 amide bonds. The van der Waals surface area contributed by atoms with Crippen LogP contribution in [-0.4, -0.2) is 9.97 Å². The molecule has 4 heteroatoms. The van der Waals surface area contributed by atoms with E-state index in [2.05, 4.69) is 9.97 Å². The highest BCUT2D eigenvalue weighted by atomic mass is 32.1. The number of thiazole rings is 1. The lowest BCUT2D eigenvalue weighted by Gasteiger charge is -1.83. The van der Waals surface area contributed by atoms with E-state index >= 15 is 0 Å². The number of hydrogen-bond donors (Lipinski definition) is 0. The summed E-state index contributed by atoms with van der Waals surface area (Å²) in [7, 11) is 0. The van der Waals surface area contributed by atoms with Gasteiger partial charge >= 0.3 is 0 Å². The van der Waals surface area contributed by atoms with Gasteiger partial charge in [-0.3, -0.25) is 0 Å². The lowest BCUT2D eigenvalue weighted by Crippen LogP contribution is -1.66. The van der Waals surface area contributed by atoms with Crippen LogP contribution in [0.15, 0.2) is 22.2 Å². The average Bonchev–Trinajstić information content (AvgIpc) is 2.55. The van der Waals surface area contributed by atoms with Crippen molar-refractivity contribution in [2.24, 2.45) is 0 Å². The fraction of sp³-hybridized carbons (Fsp3) is 0.143. The number of rotatable bonds is 1. The zero-order valence-corrected chi connectivity index (χ0v) is 6.76. The van der Waals surface area contributed by atoms with Crippen LogP contribution >= 0.6 is 11.3 Å². The molecule has 0 aliphatic carbocycles. The number of aromatic nitrogens is 2. The summed E-state index contributed by atoms with van der Waals surface area (Å²) in [6, 6.07) is 0. The van der Waals surface area contributed by atoms with Crippen molar-refractivity contribution < 1.29 is 4.42 Å². The van der Waals surface area contributed by atoms with E-state index < -0.39 is 0 Å². The topological polar surface area (TPSA) is 38.9 Å². The van der Waals surface area contributed by atoms with Crippen molar-refractivity contribution in [1.29, 1.82) is 0 Å². The summed E-state index contributed by atoms with van der Waals surface area (Å²) < 4.78 is 5.26. The monoisotopic (exact) mass is 166 g/mol. The minimum atomic E-state index is 0.676. The van der Waals surface area contributed by atoms with Crippen molar-refractivity contribution in [2.45, 2.75) is 6.92 Å². The highest BCUT2D eigenvalue weighted by Crippen LogP contribution is 2.21. The van der Waals surface area contributed by atoms with Crippen LogP contribution in [-0.2, 0) is 0 Å².